The molecule has 29 heavy (non-hydrogen) atoms. The van der Waals surface area contributed by atoms with Gasteiger partial charge >= 0.3 is 0 Å². The van der Waals surface area contributed by atoms with E-state index in [0.29, 0.717) is 30.3 Å². The molecule has 158 valence electrons. The standard InChI is InChI=1S/C22H30N2O4S/c1-15-19(16(2)24(14-21(25)26)22(15)17-9-10-17)13-18-7-3-4-8-20(18)29(27,28)23-11-5-6-12-23/h3-4,7-8,17,21,25-26H,5-6,9-14H2,1-2H3. The highest BCUT2D eigenvalue weighted by Gasteiger charge is 2.33. The molecule has 6 nitrogen and oxygen atoms in total. The fourth-order valence-corrected chi connectivity index (χ4v) is 6.41. The van der Waals surface area contributed by atoms with Crippen LogP contribution in [0.3, 0.4) is 0 Å². The van der Waals surface area contributed by atoms with Crippen molar-refractivity contribution < 1.29 is 18.6 Å². The van der Waals surface area contributed by atoms with Gasteiger partial charge in [-0.15, -0.1) is 0 Å². The topological polar surface area (TPSA) is 82.8 Å². The SMILES string of the molecule is Cc1c(Cc2ccccc2S(=O)(=O)N2CCCC2)c(C)n(CC(O)O)c1C1CC1. The molecule has 4 rings (SSSR count). The van der Waals surface area contributed by atoms with Gasteiger partial charge in [0.15, 0.2) is 6.29 Å². The number of hydrogen-bond acceptors (Lipinski definition) is 4. The van der Waals surface area contributed by atoms with Gasteiger partial charge in [0, 0.05) is 30.9 Å². The maximum absolute atomic E-state index is 13.2. The first-order valence-electron chi connectivity index (χ1n) is 10.4. The number of sulfonamides is 1. The van der Waals surface area contributed by atoms with Crippen molar-refractivity contribution in [1.29, 1.82) is 0 Å². The maximum Gasteiger partial charge on any atom is 0.243 e. The van der Waals surface area contributed by atoms with E-state index in [-0.39, 0.29) is 6.54 Å². The van der Waals surface area contributed by atoms with Crippen LogP contribution in [0.25, 0.3) is 0 Å². The summed E-state index contributed by atoms with van der Waals surface area (Å²) in [7, 11) is -3.49. The van der Waals surface area contributed by atoms with Crippen LogP contribution in [0.4, 0.5) is 0 Å². The highest BCUT2D eigenvalue weighted by Crippen LogP contribution is 2.44. The zero-order valence-corrected chi connectivity index (χ0v) is 18.0. The largest absolute Gasteiger partial charge is 0.367 e. The van der Waals surface area contributed by atoms with E-state index < -0.39 is 16.3 Å². The van der Waals surface area contributed by atoms with Crippen LogP contribution >= 0.6 is 0 Å². The van der Waals surface area contributed by atoms with Gasteiger partial charge in [0.2, 0.25) is 10.0 Å². The Labute approximate surface area is 172 Å². The second-order valence-corrected chi connectivity index (χ2v) is 10.2. The van der Waals surface area contributed by atoms with Gasteiger partial charge in [-0.3, -0.25) is 0 Å². The van der Waals surface area contributed by atoms with Crippen molar-refractivity contribution in [3.8, 4) is 0 Å². The molecule has 0 atom stereocenters. The Morgan fingerprint density at radius 3 is 2.38 bits per heavy atom. The molecule has 2 fully saturated rings. The van der Waals surface area contributed by atoms with Crippen molar-refractivity contribution in [3.05, 3.63) is 52.3 Å². The maximum atomic E-state index is 13.2. The van der Waals surface area contributed by atoms with Gasteiger partial charge in [-0.2, -0.15) is 4.31 Å². The van der Waals surface area contributed by atoms with Crippen molar-refractivity contribution in [2.75, 3.05) is 13.1 Å². The number of aliphatic hydroxyl groups is 2. The van der Waals surface area contributed by atoms with E-state index in [4.69, 9.17) is 0 Å². The predicted octanol–water partition coefficient (Wildman–Crippen LogP) is 2.67. The molecule has 0 spiro atoms. The number of benzene rings is 1. The highest BCUT2D eigenvalue weighted by atomic mass is 32.2. The lowest BCUT2D eigenvalue weighted by Gasteiger charge is -2.18. The number of aromatic nitrogens is 1. The van der Waals surface area contributed by atoms with E-state index in [1.165, 1.54) is 5.69 Å². The van der Waals surface area contributed by atoms with Gasteiger partial charge in [-0.25, -0.2) is 8.42 Å². The van der Waals surface area contributed by atoms with E-state index in [1.807, 2.05) is 23.6 Å². The summed E-state index contributed by atoms with van der Waals surface area (Å²) >= 11 is 0. The van der Waals surface area contributed by atoms with E-state index >= 15 is 0 Å². The van der Waals surface area contributed by atoms with Crippen LogP contribution in [0.5, 0.6) is 0 Å². The summed E-state index contributed by atoms with van der Waals surface area (Å²) in [5, 5.41) is 19.1. The molecule has 1 saturated heterocycles. The van der Waals surface area contributed by atoms with Gasteiger partial charge in [0.25, 0.3) is 0 Å². The second kappa shape index (κ2) is 7.87. The summed E-state index contributed by atoms with van der Waals surface area (Å²) in [6.07, 6.45) is 3.17. The van der Waals surface area contributed by atoms with Gasteiger partial charge in [0.05, 0.1) is 11.4 Å². The Kier molecular flexibility index (Phi) is 5.59. The molecule has 2 N–H and O–H groups in total. The van der Waals surface area contributed by atoms with Gasteiger partial charge in [0.1, 0.15) is 0 Å². The first-order chi connectivity index (χ1) is 13.8. The third-order valence-corrected chi connectivity index (χ3v) is 8.30. The Morgan fingerprint density at radius 2 is 1.76 bits per heavy atom. The molecule has 1 aromatic heterocycles. The van der Waals surface area contributed by atoms with Gasteiger partial charge < -0.3 is 14.8 Å². The monoisotopic (exact) mass is 418 g/mol. The summed E-state index contributed by atoms with van der Waals surface area (Å²) in [6, 6.07) is 7.29. The van der Waals surface area contributed by atoms with Crippen LogP contribution < -0.4 is 0 Å². The summed E-state index contributed by atoms with van der Waals surface area (Å²) in [5.41, 5.74) is 5.21. The van der Waals surface area contributed by atoms with Gasteiger partial charge in [-0.1, -0.05) is 18.2 Å². The Hall–Kier alpha value is -1.67. The molecule has 7 heteroatoms. The average Bonchev–Trinajstić information content (AvgIpc) is 3.28. The smallest absolute Gasteiger partial charge is 0.243 e. The fraction of sp³-hybridized carbons (Fsp3) is 0.545. The molecular weight excluding hydrogens is 388 g/mol. The number of rotatable bonds is 7. The molecule has 1 saturated carbocycles. The van der Waals surface area contributed by atoms with Crippen molar-refractivity contribution in [1.82, 2.24) is 8.87 Å². The zero-order valence-electron chi connectivity index (χ0n) is 17.1. The van der Waals surface area contributed by atoms with Crippen LogP contribution in [0.15, 0.2) is 29.2 Å². The van der Waals surface area contributed by atoms with Crippen LogP contribution in [0, 0.1) is 13.8 Å². The third kappa shape index (κ3) is 3.89. The molecule has 2 heterocycles. The van der Waals surface area contributed by atoms with Crippen LogP contribution in [0.2, 0.25) is 0 Å². The molecule has 2 aromatic rings. The molecule has 2 aliphatic rings. The molecule has 1 aliphatic carbocycles. The van der Waals surface area contributed by atoms with Gasteiger partial charge in [-0.05, 0) is 68.2 Å². The van der Waals surface area contributed by atoms with Crippen LogP contribution in [-0.2, 0) is 23.0 Å². The lowest BCUT2D eigenvalue weighted by atomic mass is 10.0. The number of hydrogen-bond donors (Lipinski definition) is 2. The molecule has 0 amide bonds. The van der Waals surface area contributed by atoms with Crippen molar-refractivity contribution in [3.63, 3.8) is 0 Å². The summed E-state index contributed by atoms with van der Waals surface area (Å²) in [4.78, 5) is 0.392. The first kappa shape index (κ1) is 20.6. The lowest BCUT2D eigenvalue weighted by molar-refractivity contribution is -0.0520. The highest BCUT2D eigenvalue weighted by molar-refractivity contribution is 7.89. The average molecular weight is 419 g/mol. The summed E-state index contributed by atoms with van der Waals surface area (Å²) < 4.78 is 30.0. The van der Waals surface area contributed by atoms with E-state index in [0.717, 1.165) is 48.1 Å². The van der Waals surface area contributed by atoms with E-state index in [9.17, 15) is 18.6 Å². The van der Waals surface area contributed by atoms with E-state index in [1.54, 1.807) is 16.4 Å². The molecule has 0 bridgehead atoms. The van der Waals surface area contributed by atoms with Crippen LogP contribution in [-0.4, -0.2) is 46.9 Å². The van der Waals surface area contributed by atoms with Crippen molar-refractivity contribution >= 4 is 10.0 Å². The van der Waals surface area contributed by atoms with Crippen LogP contribution in [0.1, 0.15) is 59.7 Å². The third-order valence-electron chi connectivity index (χ3n) is 6.30. The van der Waals surface area contributed by atoms with E-state index in [2.05, 4.69) is 6.92 Å². The minimum atomic E-state index is -3.49. The summed E-state index contributed by atoms with van der Waals surface area (Å²) in [6.45, 7) is 5.39. The fourth-order valence-electron chi connectivity index (χ4n) is 4.67. The molecule has 0 radical (unpaired) electrons. The number of nitrogens with zero attached hydrogens (tertiary/aromatic N) is 2. The molecular formula is C22H30N2O4S. The Morgan fingerprint density at radius 1 is 1.10 bits per heavy atom. The number of aliphatic hydroxyl groups excluding tert-OH is 1. The second-order valence-electron chi connectivity index (χ2n) is 8.34. The normalized spacial score (nSPS) is 18.1. The quantitative estimate of drug-likeness (QED) is 0.677. The molecule has 1 aliphatic heterocycles. The molecule has 1 aromatic carbocycles. The van der Waals surface area contributed by atoms with Crippen molar-refractivity contribution in [2.45, 2.75) is 69.6 Å². The Bertz CT molecular complexity index is 1000. The predicted molar refractivity (Wildman–Crippen MR) is 111 cm³/mol. The summed E-state index contributed by atoms with van der Waals surface area (Å²) in [5.74, 6) is 0.463. The zero-order chi connectivity index (χ0) is 20.8. The minimum absolute atomic E-state index is 0.145. The lowest BCUT2D eigenvalue weighted by Crippen LogP contribution is -2.28. The minimum Gasteiger partial charge on any atom is -0.367 e. The first-order valence-corrected chi connectivity index (χ1v) is 11.9. The Balaban J connectivity index is 1.74. The molecule has 0 unspecified atom stereocenters. The van der Waals surface area contributed by atoms with Crippen molar-refractivity contribution in [2.24, 2.45) is 0 Å².